The average Bonchev–Trinajstić information content (AvgIpc) is 2.55. The number of benzene rings is 1. The Kier molecular flexibility index (Phi) is 5.45. The fourth-order valence-corrected chi connectivity index (χ4v) is 4.12. The maximum absolute atomic E-state index is 11.4. The molecule has 0 radical (unpaired) electrons. The Hall–Kier alpha value is -0.860. The van der Waals surface area contributed by atoms with Gasteiger partial charge in [0.1, 0.15) is 0 Å². The smallest absolute Gasteiger partial charge is 0.0753 e. The maximum Gasteiger partial charge on any atom is 0.0753 e. The van der Waals surface area contributed by atoms with Crippen LogP contribution in [0, 0.1) is 11.3 Å². The van der Waals surface area contributed by atoms with Gasteiger partial charge in [-0.2, -0.15) is 0 Å². The summed E-state index contributed by atoms with van der Waals surface area (Å²) in [6, 6.07) is 10.4. The van der Waals surface area contributed by atoms with Gasteiger partial charge in [-0.1, -0.05) is 50.6 Å². The van der Waals surface area contributed by atoms with Gasteiger partial charge in [0.15, 0.2) is 0 Å². The summed E-state index contributed by atoms with van der Waals surface area (Å²) in [5.74, 6) is 0.822. The van der Waals surface area contributed by atoms with Gasteiger partial charge in [0.2, 0.25) is 0 Å². The van der Waals surface area contributed by atoms with E-state index in [0.717, 1.165) is 31.6 Å². The predicted molar refractivity (Wildman–Crippen MR) is 89.1 cm³/mol. The van der Waals surface area contributed by atoms with Crippen LogP contribution in [0.4, 0.5) is 0 Å². The van der Waals surface area contributed by atoms with E-state index < -0.39 is 5.60 Å². The molecule has 2 heteroatoms. The lowest BCUT2D eigenvalue weighted by molar-refractivity contribution is -0.107. The second kappa shape index (κ2) is 6.93. The molecule has 0 amide bonds. The van der Waals surface area contributed by atoms with Crippen LogP contribution >= 0.6 is 0 Å². The van der Waals surface area contributed by atoms with E-state index >= 15 is 0 Å². The first kappa shape index (κ1) is 16.5. The number of hydrogen-bond donors (Lipinski definition) is 2. The van der Waals surface area contributed by atoms with Crippen LogP contribution in [0.1, 0.15) is 57.9 Å². The van der Waals surface area contributed by atoms with Crippen molar-refractivity contribution in [1.82, 2.24) is 0 Å². The minimum absolute atomic E-state index is 0.108. The van der Waals surface area contributed by atoms with E-state index in [9.17, 15) is 5.11 Å². The molecule has 2 rings (SSSR count). The van der Waals surface area contributed by atoms with E-state index in [0.29, 0.717) is 6.54 Å². The number of hydrogen-bond acceptors (Lipinski definition) is 2. The van der Waals surface area contributed by atoms with Gasteiger partial charge < -0.3 is 10.8 Å². The summed E-state index contributed by atoms with van der Waals surface area (Å²) in [6.07, 6.45) is 7.31. The zero-order valence-electron chi connectivity index (χ0n) is 13.6. The molecular weight excluding hydrogens is 258 g/mol. The van der Waals surface area contributed by atoms with Gasteiger partial charge in [-0.25, -0.2) is 0 Å². The Morgan fingerprint density at radius 1 is 1.19 bits per heavy atom. The van der Waals surface area contributed by atoms with Crippen molar-refractivity contribution in [3.8, 4) is 0 Å². The second-order valence-electron chi connectivity index (χ2n) is 6.88. The highest BCUT2D eigenvalue weighted by molar-refractivity contribution is 5.19. The van der Waals surface area contributed by atoms with Crippen molar-refractivity contribution in [1.29, 1.82) is 0 Å². The van der Waals surface area contributed by atoms with Crippen LogP contribution < -0.4 is 5.73 Å². The van der Waals surface area contributed by atoms with Gasteiger partial charge in [-0.3, -0.25) is 0 Å². The third-order valence-electron chi connectivity index (χ3n) is 5.94. The highest BCUT2D eigenvalue weighted by Crippen LogP contribution is 2.49. The van der Waals surface area contributed by atoms with Crippen molar-refractivity contribution < 1.29 is 5.11 Å². The first-order chi connectivity index (χ1) is 10.1. The lowest BCUT2D eigenvalue weighted by atomic mass is 9.58. The predicted octanol–water partition coefficient (Wildman–Crippen LogP) is 3.92. The van der Waals surface area contributed by atoms with E-state index in [4.69, 9.17) is 5.73 Å². The van der Waals surface area contributed by atoms with Crippen molar-refractivity contribution >= 4 is 0 Å². The molecule has 3 N–H and O–H groups in total. The van der Waals surface area contributed by atoms with Crippen LogP contribution in [0.2, 0.25) is 0 Å². The number of nitrogens with two attached hydrogens (primary N) is 1. The minimum atomic E-state index is -0.679. The normalized spacial score (nSPS) is 29.0. The van der Waals surface area contributed by atoms with Crippen molar-refractivity contribution in [2.45, 2.75) is 64.4 Å². The zero-order chi connectivity index (χ0) is 15.3. The molecule has 0 bridgehead atoms. The number of rotatable bonds is 6. The molecule has 21 heavy (non-hydrogen) atoms. The van der Waals surface area contributed by atoms with E-state index in [2.05, 4.69) is 38.1 Å². The topological polar surface area (TPSA) is 46.2 Å². The van der Waals surface area contributed by atoms with Crippen molar-refractivity contribution in [3.63, 3.8) is 0 Å². The van der Waals surface area contributed by atoms with Crippen LogP contribution in [0.15, 0.2) is 30.3 Å². The molecule has 1 atom stereocenters. The third kappa shape index (κ3) is 3.32. The Morgan fingerprint density at radius 2 is 1.81 bits per heavy atom. The summed E-state index contributed by atoms with van der Waals surface area (Å²) in [5, 5.41) is 11.4. The number of aliphatic hydroxyl groups is 1. The summed E-state index contributed by atoms with van der Waals surface area (Å²) < 4.78 is 0. The zero-order valence-corrected chi connectivity index (χ0v) is 13.6. The van der Waals surface area contributed by atoms with E-state index in [1.807, 2.05) is 6.07 Å². The van der Waals surface area contributed by atoms with Crippen molar-refractivity contribution in [3.05, 3.63) is 35.9 Å². The Bertz CT molecular complexity index is 422. The third-order valence-corrected chi connectivity index (χ3v) is 5.94. The van der Waals surface area contributed by atoms with Crippen LogP contribution in [-0.2, 0) is 6.42 Å². The molecule has 1 aromatic rings. The van der Waals surface area contributed by atoms with Gasteiger partial charge in [0.25, 0.3) is 0 Å². The quantitative estimate of drug-likeness (QED) is 0.834. The van der Waals surface area contributed by atoms with Crippen molar-refractivity contribution in [2.24, 2.45) is 17.1 Å². The summed E-state index contributed by atoms with van der Waals surface area (Å²) >= 11 is 0. The lowest BCUT2D eigenvalue weighted by Gasteiger charge is -2.50. The standard InChI is InChI=1S/C19H31NO/c1-3-16-10-12-18(15-20,13-11-16)19(21,4-2)14-17-8-6-5-7-9-17/h5-9,16,21H,3-4,10-15,20H2,1-2H3. The average molecular weight is 289 g/mol. The van der Waals surface area contributed by atoms with E-state index in [-0.39, 0.29) is 5.41 Å². The Labute approximate surface area is 129 Å². The Morgan fingerprint density at radius 3 is 2.29 bits per heavy atom. The van der Waals surface area contributed by atoms with E-state index in [1.165, 1.54) is 24.8 Å². The fraction of sp³-hybridized carbons (Fsp3) is 0.684. The first-order valence-corrected chi connectivity index (χ1v) is 8.55. The highest BCUT2D eigenvalue weighted by Gasteiger charge is 2.49. The summed E-state index contributed by atoms with van der Waals surface area (Å²) in [5.41, 5.74) is 6.61. The molecule has 0 heterocycles. The van der Waals surface area contributed by atoms with Gasteiger partial charge in [-0.15, -0.1) is 0 Å². The lowest BCUT2D eigenvalue weighted by Crippen LogP contribution is -2.55. The molecule has 1 aliphatic carbocycles. The first-order valence-electron chi connectivity index (χ1n) is 8.55. The molecule has 1 saturated carbocycles. The molecule has 0 saturated heterocycles. The SMILES string of the molecule is CCC1CCC(CN)(C(O)(CC)Cc2ccccc2)CC1. The molecule has 1 unspecified atom stereocenters. The monoisotopic (exact) mass is 289 g/mol. The summed E-state index contributed by atoms with van der Waals surface area (Å²) in [6.45, 7) is 4.98. The largest absolute Gasteiger partial charge is 0.389 e. The molecule has 1 aromatic carbocycles. The molecule has 0 aliphatic heterocycles. The van der Waals surface area contributed by atoms with Gasteiger partial charge >= 0.3 is 0 Å². The van der Waals surface area contributed by atoms with Crippen LogP contribution in [0.5, 0.6) is 0 Å². The minimum Gasteiger partial charge on any atom is -0.389 e. The maximum atomic E-state index is 11.4. The van der Waals surface area contributed by atoms with Gasteiger partial charge in [0.05, 0.1) is 5.60 Å². The molecule has 1 aliphatic rings. The fourth-order valence-electron chi connectivity index (χ4n) is 4.12. The summed E-state index contributed by atoms with van der Waals surface area (Å²) in [4.78, 5) is 0. The van der Waals surface area contributed by atoms with E-state index in [1.54, 1.807) is 0 Å². The second-order valence-corrected chi connectivity index (χ2v) is 6.88. The van der Waals surface area contributed by atoms with Crippen LogP contribution in [0.25, 0.3) is 0 Å². The Balaban J connectivity index is 2.20. The molecule has 0 spiro atoms. The van der Waals surface area contributed by atoms with Crippen molar-refractivity contribution in [2.75, 3.05) is 6.54 Å². The van der Waals surface area contributed by atoms with Gasteiger partial charge in [0, 0.05) is 18.4 Å². The van der Waals surface area contributed by atoms with Crippen LogP contribution in [-0.4, -0.2) is 17.3 Å². The molecular formula is C19H31NO. The molecule has 1 fully saturated rings. The van der Waals surface area contributed by atoms with Crippen LogP contribution in [0.3, 0.4) is 0 Å². The molecule has 118 valence electrons. The molecule has 2 nitrogen and oxygen atoms in total. The van der Waals surface area contributed by atoms with Gasteiger partial charge in [-0.05, 0) is 43.6 Å². The highest BCUT2D eigenvalue weighted by atomic mass is 16.3. The molecule has 0 aromatic heterocycles. The summed E-state index contributed by atoms with van der Waals surface area (Å²) in [7, 11) is 0.